The fourth-order valence-electron chi connectivity index (χ4n) is 3.63. The first kappa shape index (κ1) is 21.8. The second kappa shape index (κ2) is 9.75. The number of aromatic nitrogens is 2. The lowest BCUT2D eigenvalue weighted by Crippen LogP contribution is -2.40. The summed E-state index contributed by atoms with van der Waals surface area (Å²) in [5.74, 6) is -0.702. The Hall–Kier alpha value is -2.87. The van der Waals surface area contributed by atoms with E-state index in [0.29, 0.717) is 23.8 Å². The summed E-state index contributed by atoms with van der Waals surface area (Å²) in [7, 11) is 1.68. The standard InChI is InChI=1S/C21H26ClN5O3/c1-27(12-18(28)24-15-4-2-3-5-15)21-16(11-19(29)30)20(22)25-17(26-21)10-13-6-8-14(23)9-7-13/h6-9,15H,2-5,10-12,23H2,1H3,(H,24,28)(H,29,30)/p-1. The fraction of sp³-hybridized carbons (Fsp3) is 0.429. The fourth-order valence-corrected chi connectivity index (χ4v) is 3.88. The minimum absolute atomic E-state index is 0.0329. The number of aliphatic carboxylic acids is 1. The van der Waals surface area contributed by atoms with Gasteiger partial charge in [0.25, 0.3) is 0 Å². The van der Waals surface area contributed by atoms with Crippen molar-refractivity contribution in [3.8, 4) is 0 Å². The predicted octanol–water partition coefficient (Wildman–Crippen LogP) is 1.09. The number of amides is 1. The number of carbonyl (C=O) groups excluding carboxylic acids is 2. The largest absolute Gasteiger partial charge is 0.550 e. The molecule has 160 valence electrons. The van der Waals surface area contributed by atoms with Gasteiger partial charge in [-0.3, -0.25) is 4.79 Å². The van der Waals surface area contributed by atoms with Gasteiger partial charge in [-0.25, -0.2) is 9.97 Å². The number of hydrogen-bond acceptors (Lipinski definition) is 7. The Morgan fingerprint density at radius 3 is 2.53 bits per heavy atom. The molecule has 0 aliphatic heterocycles. The molecule has 1 fully saturated rings. The molecule has 8 nitrogen and oxygen atoms in total. The van der Waals surface area contributed by atoms with Gasteiger partial charge >= 0.3 is 0 Å². The quantitative estimate of drug-likeness (QED) is 0.474. The van der Waals surface area contributed by atoms with Gasteiger partial charge < -0.3 is 25.9 Å². The van der Waals surface area contributed by atoms with E-state index >= 15 is 0 Å². The Labute approximate surface area is 180 Å². The van der Waals surface area contributed by atoms with E-state index in [4.69, 9.17) is 17.3 Å². The number of carbonyl (C=O) groups is 2. The molecule has 1 heterocycles. The van der Waals surface area contributed by atoms with Gasteiger partial charge in [0.05, 0.1) is 6.54 Å². The monoisotopic (exact) mass is 430 g/mol. The van der Waals surface area contributed by atoms with Crippen LogP contribution in [-0.4, -0.2) is 41.5 Å². The summed E-state index contributed by atoms with van der Waals surface area (Å²) in [6.45, 7) is 0.0329. The van der Waals surface area contributed by atoms with E-state index in [9.17, 15) is 14.7 Å². The minimum Gasteiger partial charge on any atom is -0.550 e. The molecular formula is C21H25ClN5O3-. The lowest BCUT2D eigenvalue weighted by atomic mass is 10.1. The first-order valence-electron chi connectivity index (χ1n) is 9.92. The maximum atomic E-state index is 12.4. The van der Waals surface area contributed by atoms with Crippen LogP contribution in [0.1, 0.15) is 42.6 Å². The topological polar surface area (TPSA) is 124 Å². The smallest absolute Gasteiger partial charge is 0.239 e. The lowest BCUT2D eigenvalue weighted by molar-refractivity contribution is -0.304. The summed E-state index contributed by atoms with van der Waals surface area (Å²) in [6.07, 6.45) is 4.15. The maximum absolute atomic E-state index is 12.4. The van der Waals surface area contributed by atoms with Gasteiger partial charge in [-0.05, 0) is 30.5 Å². The van der Waals surface area contributed by atoms with Gasteiger partial charge in [-0.1, -0.05) is 36.6 Å². The van der Waals surface area contributed by atoms with E-state index in [2.05, 4.69) is 15.3 Å². The number of carboxylic acid groups (broad SMARTS) is 1. The maximum Gasteiger partial charge on any atom is 0.239 e. The van der Waals surface area contributed by atoms with E-state index in [1.165, 1.54) is 0 Å². The molecule has 0 atom stereocenters. The highest BCUT2D eigenvalue weighted by atomic mass is 35.5. The molecule has 1 aliphatic rings. The van der Waals surface area contributed by atoms with Gasteiger partial charge in [0, 0.05) is 43.2 Å². The number of nitrogen functional groups attached to an aromatic ring is 1. The molecule has 1 saturated carbocycles. The van der Waals surface area contributed by atoms with Crippen LogP contribution in [0, 0.1) is 0 Å². The summed E-state index contributed by atoms with van der Waals surface area (Å²) < 4.78 is 0. The van der Waals surface area contributed by atoms with E-state index in [1.807, 2.05) is 12.1 Å². The minimum atomic E-state index is -1.29. The summed E-state index contributed by atoms with van der Waals surface area (Å²) in [4.78, 5) is 34.0. The third-order valence-corrected chi connectivity index (χ3v) is 5.42. The van der Waals surface area contributed by atoms with Crippen LogP contribution in [0.15, 0.2) is 24.3 Å². The molecule has 0 bridgehead atoms. The van der Waals surface area contributed by atoms with Crippen LogP contribution in [0.25, 0.3) is 0 Å². The SMILES string of the molecule is CN(CC(=O)NC1CCCC1)c1nc(Cc2ccc(N)cc2)nc(Cl)c1CC(=O)[O-]. The van der Waals surface area contributed by atoms with Crippen molar-refractivity contribution < 1.29 is 14.7 Å². The Morgan fingerprint density at radius 2 is 1.90 bits per heavy atom. The van der Waals surface area contributed by atoms with Gasteiger partial charge in [-0.15, -0.1) is 0 Å². The Morgan fingerprint density at radius 1 is 1.23 bits per heavy atom. The molecule has 3 rings (SSSR count). The highest BCUT2D eigenvalue weighted by Crippen LogP contribution is 2.25. The van der Waals surface area contributed by atoms with Crippen molar-refractivity contribution in [2.75, 3.05) is 24.2 Å². The van der Waals surface area contributed by atoms with Crippen LogP contribution in [-0.2, 0) is 22.4 Å². The van der Waals surface area contributed by atoms with Crippen LogP contribution in [0.2, 0.25) is 5.15 Å². The van der Waals surface area contributed by atoms with Crippen molar-refractivity contribution in [2.45, 2.75) is 44.6 Å². The second-order valence-electron chi connectivity index (χ2n) is 7.60. The highest BCUT2D eigenvalue weighted by molar-refractivity contribution is 6.30. The lowest BCUT2D eigenvalue weighted by Gasteiger charge is -2.23. The molecule has 1 aliphatic carbocycles. The van der Waals surface area contributed by atoms with Gasteiger partial charge in [0.1, 0.15) is 16.8 Å². The molecule has 1 amide bonds. The first-order chi connectivity index (χ1) is 14.3. The van der Waals surface area contributed by atoms with E-state index in [1.54, 1.807) is 24.1 Å². The number of likely N-dealkylation sites (N-methyl/N-ethyl adjacent to an activating group) is 1. The zero-order valence-electron chi connectivity index (χ0n) is 16.9. The van der Waals surface area contributed by atoms with Crippen LogP contribution < -0.4 is 21.1 Å². The molecular weight excluding hydrogens is 406 g/mol. The molecule has 2 aromatic rings. The van der Waals surface area contributed by atoms with Crippen LogP contribution >= 0.6 is 11.6 Å². The number of nitrogens with zero attached hydrogens (tertiary/aromatic N) is 3. The Balaban J connectivity index is 1.82. The molecule has 9 heteroatoms. The number of nitrogens with two attached hydrogens (primary N) is 1. The molecule has 30 heavy (non-hydrogen) atoms. The van der Waals surface area contributed by atoms with Crippen molar-refractivity contribution in [3.05, 3.63) is 46.4 Å². The average molecular weight is 431 g/mol. The Kier molecular flexibility index (Phi) is 7.10. The number of carboxylic acids is 1. The Bertz CT molecular complexity index is 914. The predicted molar refractivity (Wildman–Crippen MR) is 113 cm³/mol. The average Bonchev–Trinajstić information content (AvgIpc) is 3.18. The van der Waals surface area contributed by atoms with Gasteiger partial charge in [0.15, 0.2) is 0 Å². The van der Waals surface area contributed by atoms with Crippen molar-refractivity contribution in [2.24, 2.45) is 0 Å². The third-order valence-electron chi connectivity index (χ3n) is 5.11. The molecule has 3 N–H and O–H groups in total. The molecule has 0 spiro atoms. The molecule has 1 aromatic carbocycles. The van der Waals surface area contributed by atoms with E-state index < -0.39 is 12.4 Å². The summed E-state index contributed by atoms with van der Waals surface area (Å²) >= 11 is 6.30. The number of halogens is 1. The number of benzene rings is 1. The van der Waals surface area contributed by atoms with E-state index in [0.717, 1.165) is 31.2 Å². The highest BCUT2D eigenvalue weighted by Gasteiger charge is 2.21. The number of hydrogen-bond donors (Lipinski definition) is 2. The molecule has 0 unspecified atom stereocenters. The second-order valence-corrected chi connectivity index (χ2v) is 7.96. The van der Waals surface area contributed by atoms with Crippen LogP contribution in [0.3, 0.4) is 0 Å². The number of nitrogens with one attached hydrogen (secondary N) is 1. The van der Waals surface area contributed by atoms with Crippen LogP contribution in [0.4, 0.5) is 11.5 Å². The zero-order chi connectivity index (χ0) is 21.7. The van der Waals surface area contributed by atoms with Crippen LogP contribution in [0.5, 0.6) is 0 Å². The summed E-state index contributed by atoms with van der Waals surface area (Å²) in [5.41, 5.74) is 7.53. The van der Waals surface area contributed by atoms with Crippen molar-refractivity contribution in [1.82, 2.24) is 15.3 Å². The van der Waals surface area contributed by atoms with E-state index in [-0.39, 0.29) is 29.2 Å². The van der Waals surface area contributed by atoms with Crippen molar-refractivity contribution in [1.29, 1.82) is 0 Å². The summed E-state index contributed by atoms with van der Waals surface area (Å²) in [5, 5.41) is 14.3. The number of rotatable bonds is 8. The zero-order valence-corrected chi connectivity index (χ0v) is 17.6. The molecule has 1 aromatic heterocycles. The first-order valence-corrected chi connectivity index (χ1v) is 10.3. The van der Waals surface area contributed by atoms with Gasteiger partial charge in [-0.2, -0.15) is 0 Å². The normalized spacial score (nSPS) is 13.9. The molecule has 0 radical (unpaired) electrons. The summed E-state index contributed by atoms with van der Waals surface area (Å²) in [6, 6.07) is 7.48. The molecule has 0 saturated heterocycles. The third kappa shape index (κ3) is 5.82. The van der Waals surface area contributed by atoms with Crippen molar-refractivity contribution in [3.63, 3.8) is 0 Å². The van der Waals surface area contributed by atoms with Gasteiger partial charge in [0.2, 0.25) is 5.91 Å². The number of anilines is 2. The van der Waals surface area contributed by atoms with Crippen molar-refractivity contribution >= 4 is 35.0 Å².